The summed E-state index contributed by atoms with van der Waals surface area (Å²) in [5.74, 6) is 3.65. The van der Waals surface area contributed by atoms with E-state index in [0.717, 1.165) is 56.3 Å². The Bertz CT molecular complexity index is 1030. The van der Waals surface area contributed by atoms with Crippen LogP contribution in [0, 0.1) is 41.5 Å². The van der Waals surface area contributed by atoms with Gasteiger partial charge < -0.3 is 8.83 Å². The Morgan fingerprint density at radius 1 is 0.640 bits per heavy atom. The molecule has 0 saturated carbocycles. The van der Waals surface area contributed by atoms with Gasteiger partial charge in [0.25, 0.3) is 0 Å². The third kappa shape index (κ3) is 2.26. The highest BCUT2D eigenvalue weighted by Gasteiger charge is 2.22. The van der Waals surface area contributed by atoms with Gasteiger partial charge in [0.05, 0.1) is 11.7 Å². The Balaban J connectivity index is 1.99. The average Bonchev–Trinajstić information content (AvgIpc) is 3.25. The minimum atomic E-state index is 0.866. The van der Waals surface area contributed by atoms with Crippen LogP contribution in [0.25, 0.3) is 33.7 Å². The second kappa shape index (κ2) is 5.56. The van der Waals surface area contributed by atoms with Gasteiger partial charge >= 0.3 is 0 Å². The maximum absolute atomic E-state index is 6.01. The van der Waals surface area contributed by atoms with Crippen LogP contribution in [0.5, 0.6) is 0 Å². The van der Waals surface area contributed by atoms with E-state index in [1.165, 1.54) is 22.9 Å². The highest BCUT2D eigenvalue weighted by atomic mass is 32.1. The number of benzene rings is 1. The lowest BCUT2D eigenvalue weighted by Gasteiger charge is -2.05. The second-order valence-electron chi connectivity index (χ2n) is 6.60. The van der Waals surface area contributed by atoms with E-state index >= 15 is 0 Å². The number of hydrogen-bond acceptors (Lipinski definition) is 5. The van der Waals surface area contributed by atoms with Gasteiger partial charge in [-0.05, 0) is 75.9 Å². The van der Waals surface area contributed by atoms with Crippen molar-refractivity contribution < 1.29 is 8.83 Å². The fraction of sp³-hybridized carbons (Fsp3) is 0.300. The lowest BCUT2D eigenvalue weighted by atomic mass is 10.00. The van der Waals surface area contributed by atoms with Crippen LogP contribution < -0.4 is 0 Å². The number of nitrogens with zero attached hydrogens (tertiary/aromatic N) is 2. The molecule has 0 fully saturated rings. The predicted molar refractivity (Wildman–Crippen MR) is 101 cm³/mol. The highest BCUT2D eigenvalue weighted by Crippen LogP contribution is 2.40. The first-order chi connectivity index (χ1) is 11.9. The number of hydrogen-bond donors (Lipinski definition) is 0. The molecular weight excluding hydrogens is 332 g/mol. The van der Waals surface area contributed by atoms with Gasteiger partial charge in [0.15, 0.2) is 0 Å². The number of aromatic nitrogens is 2. The second-order valence-corrected chi connectivity index (χ2v) is 7.13. The maximum Gasteiger partial charge on any atom is 0.139 e. The Morgan fingerprint density at radius 3 is 1.36 bits per heavy atom. The Morgan fingerprint density at radius 2 is 1.04 bits per heavy atom. The van der Waals surface area contributed by atoms with Crippen LogP contribution in [0.15, 0.2) is 21.0 Å². The van der Waals surface area contributed by atoms with Crippen molar-refractivity contribution in [3.8, 4) is 22.6 Å². The summed E-state index contributed by atoms with van der Waals surface area (Å²) in [5.41, 5.74) is 8.38. The number of furan rings is 2. The summed E-state index contributed by atoms with van der Waals surface area (Å²) in [6, 6.07) is 4.13. The van der Waals surface area contributed by atoms with Gasteiger partial charge in [0, 0.05) is 11.1 Å². The largest absolute Gasteiger partial charge is 0.461 e. The van der Waals surface area contributed by atoms with Crippen molar-refractivity contribution in [2.24, 2.45) is 0 Å². The van der Waals surface area contributed by atoms with Crippen LogP contribution >= 0.6 is 11.7 Å². The van der Waals surface area contributed by atoms with E-state index in [9.17, 15) is 0 Å². The van der Waals surface area contributed by atoms with Crippen molar-refractivity contribution >= 4 is 22.8 Å². The van der Waals surface area contributed by atoms with Gasteiger partial charge in [0.2, 0.25) is 0 Å². The van der Waals surface area contributed by atoms with Gasteiger partial charge in [-0.1, -0.05) is 0 Å². The van der Waals surface area contributed by atoms with E-state index in [0.29, 0.717) is 0 Å². The van der Waals surface area contributed by atoms with Crippen LogP contribution in [0.4, 0.5) is 0 Å². The molecule has 25 heavy (non-hydrogen) atoms. The molecule has 0 radical (unpaired) electrons. The summed E-state index contributed by atoms with van der Waals surface area (Å²) in [6.45, 7) is 12.3. The topological polar surface area (TPSA) is 52.1 Å². The minimum Gasteiger partial charge on any atom is -0.461 e. The highest BCUT2D eigenvalue weighted by molar-refractivity contribution is 7.00. The van der Waals surface area contributed by atoms with Crippen molar-refractivity contribution in [1.29, 1.82) is 0 Å². The first-order valence-electron chi connectivity index (χ1n) is 8.29. The minimum absolute atomic E-state index is 0.866. The first kappa shape index (κ1) is 16.1. The number of rotatable bonds is 2. The molecule has 4 nitrogen and oxygen atoms in total. The molecule has 0 spiro atoms. The molecule has 1 aromatic carbocycles. The fourth-order valence-corrected chi connectivity index (χ4v) is 3.80. The Hall–Kier alpha value is -2.40. The van der Waals surface area contributed by atoms with E-state index in [1.54, 1.807) is 0 Å². The van der Waals surface area contributed by atoms with Crippen LogP contribution in [-0.2, 0) is 0 Å². The standard InChI is InChI=1S/C20H20N2O2S/c1-9-11(3)19(23-13(9)5)15-7-8-16(18-17(15)21-25-22-18)20-12(4)10(2)14(6)24-20/h7-8H,1-6H3. The number of aryl methyl sites for hydroxylation is 2. The molecule has 4 aromatic rings. The lowest BCUT2D eigenvalue weighted by Crippen LogP contribution is -1.87. The molecule has 0 saturated heterocycles. The Kier molecular flexibility index (Phi) is 3.58. The molecule has 0 amide bonds. The van der Waals surface area contributed by atoms with Crippen molar-refractivity contribution in [2.45, 2.75) is 41.5 Å². The zero-order valence-electron chi connectivity index (χ0n) is 15.3. The SMILES string of the molecule is Cc1oc(-c2ccc(-c3oc(C)c(C)c3C)c3nsnc23)c(C)c1C. The predicted octanol–water partition coefficient (Wildman–Crippen LogP) is 6.06. The summed E-state index contributed by atoms with van der Waals surface area (Å²) in [5, 5.41) is 0. The van der Waals surface area contributed by atoms with Crippen molar-refractivity contribution in [1.82, 2.24) is 8.75 Å². The third-order valence-corrected chi connectivity index (χ3v) is 5.81. The molecule has 128 valence electrons. The molecule has 3 heterocycles. The van der Waals surface area contributed by atoms with Crippen molar-refractivity contribution in [3.63, 3.8) is 0 Å². The third-order valence-electron chi connectivity index (χ3n) is 5.28. The summed E-state index contributed by atoms with van der Waals surface area (Å²) in [6.07, 6.45) is 0. The van der Waals surface area contributed by atoms with Crippen molar-refractivity contribution in [3.05, 3.63) is 45.9 Å². The smallest absolute Gasteiger partial charge is 0.139 e. The monoisotopic (exact) mass is 352 g/mol. The van der Waals surface area contributed by atoms with Crippen LogP contribution in [0.1, 0.15) is 33.8 Å². The van der Waals surface area contributed by atoms with E-state index < -0.39 is 0 Å². The molecule has 0 atom stereocenters. The van der Waals surface area contributed by atoms with Crippen molar-refractivity contribution in [2.75, 3.05) is 0 Å². The van der Waals surface area contributed by atoms with E-state index in [1.807, 2.05) is 13.8 Å². The van der Waals surface area contributed by atoms with Gasteiger partial charge in [0.1, 0.15) is 34.1 Å². The van der Waals surface area contributed by atoms with Gasteiger partial charge in [-0.2, -0.15) is 8.75 Å². The van der Waals surface area contributed by atoms with E-state index in [2.05, 4.69) is 48.6 Å². The quantitative estimate of drug-likeness (QED) is 0.440. The lowest BCUT2D eigenvalue weighted by molar-refractivity contribution is 0.544. The Labute approximate surface area is 150 Å². The molecule has 0 aliphatic heterocycles. The summed E-state index contributed by atoms with van der Waals surface area (Å²) >= 11 is 1.22. The van der Waals surface area contributed by atoms with E-state index in [-0.39, 0.29) is 0 Å². The van der Waals surface area contributed by atoms with Gasteiger partial charge in [-0.3, -0.25) is 0 Å². The van der Waals surface area contributed by atoms with Crippen LogP contribution in [0.2, 0.25) is 0 Å². The molecule has 0 aliphatic carbocycles. The average molecular weight is 352 g/mol. The molecule has 0 aliphatic rings. The molecule has 0 N–H and O–H groups in total. The van der Waals surface area contributed by atoms with E-state index in [4.69, 9.17) is 8.83 Å². The zero-order valence-corrected chi connectivity index (χ0v) is 16.1. The van der Waals surface area contributed by atoms with Gasteiger partial charge in [-0.15, -0.1) is 0 Å². The molecule has 0 bridgehead atoms. The molecule has 3 aromatic heterocycles. The molecule has 4 rings (SSSR count). The van der Waals surface area contributed by atoms with Gasteiger partial charge in [-0.25, -0.2) is 0 Å². The zero-order chi connectivity index (χ0) is 17.9. The summed E-state index contributed by atoms with van der Waals surface area (Å²) < 4.78 is 21.1. The maximum atomic E-state index is 6.01. The first-order valence-corrected chi connectivity index (χ1v) is 9.02. The molecular formula is C20H20N2O2S. The summed E-state index contributed by atoms with van der Waals surface area (Å²) in [4.78, 5) is 0. The fourth-order valence-electron chi connectivity index (χ4n) is 3.23. The van der Waals surface area contributed by atoms with Crippen LogP contribution in [-0.4, -0.2) is 8.75 Å². The van der Waals surface area contributed by atoms with Crippen LogP contribution in [0.3, 0.4) is 0 Å². The molecule has 0 unspecified atom stereocenters. The molecule has 5 heteroatoms. The normalized spacial score (nSPS) is 11.6. The number of fused-ring (bicyclic) bond motifs is 1. The summed E-state index contributed by atoms with van der Waals surface area (Å²) in [7, 11) is 0.